The van der Waals surface area contributed by atoms with E-state index in [2.05, 4.69) is 22.0 Å². The molecule has 50 valence electrons. The van der Waals surface area contributed by atoms with Gasteiger partial charge in [0, 0.05) is 24.3 Å². The van der Waals surface area contributed by atoms with E-state index < -0.39 is 0 Å². The summed E-state index contributed by atoms with van der Waals surface area (Å²) in [5.74, 6) is 0.0700. The quantitative estimate of drug-likeness (QED) is 0.488. The van der Waals surface area contributed by atoms with Gasteiger partial charge in [-0.1, -0.05) is 15.9 Å². The van der Waals surface area contributed by atoms with E-state index in [0.717, 1.165) is 0 Å². The van der Waals surface area contributed by atoms with Crippen LogP contribution >= 0.6 is 15.9 Å². The lowest BCUT2D eigenvalue weighted by Crippen LogP contribution is -2.01. The molecule has 0 N–H and O–H groups in total. The van der Waals surface area contributed by atoms with Crippen molar-refractivity contribution in [1.82, 2.24) is 0 Å². The van der Waals surface area contributed by atoms with E-state index in [0.29, 0.717) is 10.9 Å². The zero-order valence-electron chi connectivity index (χ0n) is 5.30. The van der Waals surface area contributed by atoms with Gasteiger partial charge < -0.3 is 0 Å². The largest absolute Gasteiger partial charge is 0.262 e. The lowest BCUT2D eigenvalue weighted by molar-refractivity contribution is -0.112. The fourth-order valence-corrected chi connectivity index (χ4v) is 0.941. The fourth-order valence-electron chi connectivity index (χ4n) is 0.639. The number of Topliss-reactive ketones (excluding diaryl/α,β-unsaturated/α-hetero) is 1. The third-order valence-electron chi connectivity index (χ3n) is 1.13. The van der Waals surface area contributed by atoms with Crippen LogP contribution in [0.3, 0.4) is 0 Å². The number of rotatable bonds is 2. The Morgan fingerprint density at radius 2 is 2.40 bits per heavy atom. The molecule has 0 bridgehead atoms. The van der Waals surface area contributed by atoms with Gasteiger partial charge in [0.15, 0.2) is 5.57 Å². The molecule has 0 amide bonds. The van der Waals surface area contributed by atoms with Gasteiger partial charge in [-0.05, 0) is 0 Å². The van der Waals surface area contributed by atoms with Crippen LogP contribution in [0, 0.1) is 6.08 Å². The average Bonchev–Trinajstić information content (AvgIpc) is 2.05. The Labute approximate surface area is 68.2 Å². The molecule has 0 atom stereocenters. The van der Waals surface area contributed by atoms with E-state index in [4.69, 9.17) is 0 Å². The standard InChI is InChI=1S/C8H6BrO/c9-6-8(10)7-4-2-1-3-5-7/h1-4H,6H2/q+1. The van der Waals surface area contributed by atoms with Gasteiger partial charge in [-0.2, -0.15) is 0 Å². The molecule has 0 unspecified atom stereocenters. The van der Waals surface area contributed by atoms with Crippen LogP contribution in [0.1, 0.15) is 0 Å². The van der Waals surface area contributed by atoms with E-state index >= 15 is 0 Å². The molecule has 1 nitrogen and oxygen atoms in total. The minimum atomic E-state index is 0.0700. The van der Waals surface area contributed by atoms with Crippen LogP contribution in [0.15, 0.2) is 29.9 Å². The van der Waals surface area contributed by atoms with Gasteiger partial charge in [-0.3, -0.25) is 0 Å². The molecular formula is C8H6BrO+. The molecule has 1 aliphatic rings. The normalized spacial score (nSPS) is 14.3. The Kier molecular flexibility index (Phi) is 2.55. The van der Waals surface area contributed by atoms with Crippen molar-refractivity contribution in [3.05, 3.63) is 36.0 Å². The number of ketones is 1. The summed E-state index contributed by atoms with van der Waals surface area (Å²) in [4.78, 5) is 10.9. The molecule has 10 heavy (non-hydrogen) atoms. The Morgan fingerprint density at radius 3 is 2.90 bits per heavy atom. The van der Waals surface area contributed by atoms with Crippen molar-refractivity contribution in [2.24, 2.45) is 0 Å². The monoisotopic (exact) mass is 197 g/mol. The minimum Gasteiger partial charge on any atom is -0.233 e. The van der Waals surface area contributed by atoms with Crippen LogP contribution in [0.4, 0.5) is 0 Å². The molecule has 0 fully saturated rings. The summed E-state index contributed by atoms with van der Waals surface area (Å²) in [7, 11) is 0. The summed E-state index contributed by atoms with van der Waals surface area (Å²) in [5.41, 5.74) is 0.638. The third kappa shape index (κ3) is 1.63. The van der Waals surface area contributed by atoms with Gasteiger partial charge in [0.25, 0.3) is 5.78 Å². The maximum atomic E-state index is 10.9. The van der Waals surface area contributed by atoms with Gasteiger partial charge in [0.2, 0.25) is 0 Å². The number of carbonyl (C=O) groups excluding carboxylic acids is 1. The Hall–Kier alpha value is -0.720. The SMILES string of the molecule is O=C(CBr)C1=CC=CC=[C+]1. The number of hydrogen-bond acceptors (Lipinski definition) is 1. The summed E-state index contributed by atoms with van der Waals surface area (Å²) < 4.78 is 0. The van der Waals surface area contributed by atoms with Crippen molar-refractivity contribution in [3.63, 3.8) is 0 Å². The van der Waals surface area contributed by atoms with E-state index in [1.54, 1.807) is 12.2 Å². The van der Waals surface area contributed by atoms with Crippen LogP contribution in [-0.2, 0) is 4.79 Å². The molecule has 2 heteroatoms. The van der Waals surface area contributed by atoms with Crippen LogP contribution in [0.5, 0.6) is 0 Å². The highest BCUT2D eigenvalue weighted by molar-refractivity contribution is 9.09. The number of hydrogen-bond donors (Lipinski definition) is 0. The summed E-state index contributed by atoms with van der Waals surface area (Å²) >= 11 is 3.08. The molecule has 0 aliphatic heterocycles. The van der Waals surface area contributed by atoms with Crippen LogP contribution < -0.4 is 0 Å². The number of halogens is 1. The smallest absolute Gasteiger partial charge is 0.233 e. The first-order valence-corrected chi connectivity index (χ1v) is 4.02. The summed E-state index contributed by atoms with van der Waals surface area (Å²) in [6, 6.07) is 0. The van der Waals surface area contributed by atoms with Crippen molar-refractivity contribution in [1.29, 1.82) is 0 Å². The average molecular weight is 198 g/mol. The van der Waals surface area contributed by atoms with E-state index in [9.17, 15) is 4.79 Å². The van der Waals surface area contributed by atoms with Gasteiger partial charge in [0.05, 0.1) is 6.08 Å². The molecular weight excluding hydrogens is 192 g/mol. The van der Waals surface area contributed by atoms with Gasteiger partial charge in [-0.25, -0.2) is 4.79 Å². The van der Waals surface area contributed by atoms with Crippen molar-refractivity contribution in [2.75, 3.05) is 5.33 Å². The molecule has 0 aromatic rings. The van der Waals surface area contributed by atoms with Crippen LogP contribution in [-0.4, -0.2) is 11.1 Å². The van der Waals surface area contributed by atoms with Crippen LogP contribution in [0.25, 0.3) is 0 Å². The van der Waals surface area contributed by atoms with Crippen molar-refractivity contribution in [3.8, 4) is 0 Å². The third-order valence-corrected chi connectivity index (χ3v) is 1.64. The summed E-state index contributed by atoms with van der Waals surface area (Å²) in [5, 5.41) is 0.369. The second kappa shape index (κ2) is 3.45. The first-order chi connectivity index (χ1) is 4.84. The van der Waals surface area contributed by atoms with Gasteiger partial charge in [-0.15, -0.1) is 0 Å². The lowest BCUT2D eigenvalue weighted by Gasteiger charge is -1.87. The van der Waals surface area contributed by atoms with Crippen molar-refractivity contribution >= 4 is 21.7 Å². The topological polar surface area (TPSA) is 17.1 Å². The van der Waals surface area contributed by atoms with E-state index in [1.807, 2.05) is 12.2 Å². The van der Waals surface area contributed by atoms with Gasteiger partial charge >= 0.3 is 0 Å². The molecule has 0 aromatic heterocycles. The molecule has 1 rings (SSSR count). The first kappa shape index (κ1) is 7.39. The summed E-state index contributed by atoms with van der Waals surface area (Å²) in [6.07, 6.45) is 9.99. The van der Waals surface area contributed by atoms with E-state index in [-0.39, 0.29) is 5.78 Å². The Bertz CT molecular complexity index is 223. The predicted molar refractivity (Wildman–Crippen MR) is 43.8 cm³/mol. The number of allylic oxidation sites excluding steroid dienone is 6. The molecule has 0 saturated carbocycles. The maximum Gasteiger partial charge on any atom is 0.262 e. The minimum absolute atomic E-state index is 0.0700. The first-order valence-electron chi connectivity index (χ1n) is 2.90. The highest BCUT2D eigenvalue weighted by Crippen LogP contribution is 2.04. The lowest BCUT2D eigenvalue weighted by atomic mass is 10.1. The molecule has 0 saturated heterocycles. The van der Waals surface area contributed by atoms with Crippen LogP contribution in [0.2, 0.25) is 0 Å². The summed E-state index contributed by atoms with van der Waals surface area (Å²) in [6.45, 7) is 0. The zero-order chi connectivity index (χ0) is 7.40. The molecule has 0 heterocycles. The maximum absolute atomic E-state index is 10.9. The Balaban J connectivity index is 2.74. The zero-order valence-corrected chi connectivity index (χ0v) is 6.89. The number of carbonyl (C=O) groups is 1. The second-order valence-electron chi connectivity index (χ2n) is 1.83. The molecule has 0 radical (unpaired) electrons. The Morgan fingerprint density at radius 1 is 1.60 bits per heavy atom. The van der Waals surface area contributed by atoms with Gasteiger partial charge in [0.1, 0.15) is 5.33 Å². The predicted octanol–water partition coefficient (Wildman–Crippen LogP) is 1.81. The number of alkyl halides is 1. The van der Waals surface area contributed by atoms with E-state index in [1.165, 1.54) is 0 Å². The van der Waals surface area contributed by atoms with Crippen molar-refractivity contribution in [2.45, 2.75) is 0 Å². The molecule has 1 aliphatic carbocycles. The highest BCUT2D eigenvalue weighted by atomic mass is 79.9. The second-order valence-corrected chi connectivity index (χ2v) is 2.39. The fraction of sp³-hybridized carbons (Fsp3) is 0.125. The van der Waals surface area contributed by atoms with Crippen molar-refractivity contribution < 1.29 is 4.79 Å². The molecule has 0 aromatic carbocycles. The highest BCUT2D eigenvalue weighted by Gasteiger charge is 2.13. The molecule has 0 spiro atoms.